The Hall–Kier alpha value is -2.09. The molecule has 2 fully saturated rings. The van der Waals surface area contributed by atoms with Crippen LogP contribution in [0.25, 0.3) is 0 Å². The number of benzene rings is 1. The number of piperidine rings is 1. The highest BCUT2D eigenvalue weighted by atomic mass is 19.4. The van der Waals surface area contributed by atoms with Gasteiger partial charge in [-0.1, -0.05) is 30.3 Å². The van der Waals surface area contributed by atoms with E-state index in [-0.39, 0.29) is 25.0 Å². The third-order valence-electron chi connectivity index (χ3n) is 5.65. The van der Waals surface area contributed by atoms with E-state index in [4.69, 9.17) is 0 Å². The summed E-state index contributed by atoms with van der Waals surface area (Å²) in [6.45, 7) is 3.70. The first-order chi connectivity index (χ1) is 13.3. The number of nitrogens with one attached hydrogen (secondary N) is 1. The number of carbonyl (C=O) groups excluding carboxylic acids is 2. The van der Waals surface area contributed by atoms with Gasteiger partial charge in [0.1, 0.15) is 6.04 Å². The Bertz CT molecular complexity index is 696. The summed E-state index contributed by atoms with van der Waals surface area (Å²) in [5.41, 5.74) is 1.23. The Morgan fingerprint density at radius 2 is 1.86 bits per heavy atom. The molecule has 0 spiro atoms. The quantitative estimate of drug-likeness (QED) is 0.850. The average Bonchev–Trinajstić information content (AvgIpc) is 3.13. The number of halogens is 3. The number of nitrogens with zero attached hydrogens (tertiary/aromatic N) is 2. The van der Waals surface area contributed by atoms with E-state index in [1.807, 2.05) is 18.2 Å². The van der Waals surface area contributed by atoms with Gasteiger partial charge >= 0.3 is 12.1 Å². The molecule has 0 radical (unpaired) electrons. The van der Waals surface area contributed by atoms with Gasteiger partial charge in [-0.3, -0.25) is 14.5 Å². The second kappa shape index (κ2) is 8.51. The van der Waals surface area contributed by atoms with Crippen LogP contribution in [-0.4, -0.2) is 59.0 Å². The van der Waals surface area contributed by atoms with E-state index in [0.717, 1.165) is 25.9 Å². The van der Waals surface area contributed by atoms with Gasteiger partial charge in [0.15, 0.2) is 0 Å². The molecule has 0 saturated carbocycles. The van der Waals surface area contributed by atoms with Crippen molar-refractivity contribution in [3.63, 3.8) is 0 Å². The highest BCUT2D eigenvalue weighted by molar-refractivity contribution is 5.90. The second-order valence-electron chi connectivity index (χ2n) is 7.69. The molecule has 1 aromatic rings. The molecule has 154 valence electrons. The molecule has 0 unspecified atom stereocenters. The largest absolute Gasteiger partial charge is 0.471 e. The molecule has 2 amide bonds. The Labute approximate surface area is 162 Å². The van der Waals surface area contributed by atoms with Crippen LogP contribution in [0.2, 0.25) is 0 Å². The number of rotatable bonds is 4. The summed E-state index contributed by atoms with van der Waals surface area (Å²) < 4.78 is 38.2. The molecule has 8 heteroatoms. The van der Waals surface area contributed by atoms with Crippen LogP contribution < -0.4 is 5.32 Å². The van der Waals surface area contributed by atoms with E-state index >= 15 is 0 Å². The Morgan fingerprint density at radius 3 is 2.50 bits per heavy atom. The molecule has 2 aliphatic rings. The van der Waals surface area contributed by atoms with E-state index in [0.29, 0.717) is 11.3 Å². The predicted octanol–water partition coefficient (Wildman–Crippen LogP) is 2.71. The fraction of sp³-hybridized carbons (Fsp3) is 0.600. The SMILES string of the molecule is C[C@@H]1C[C@@H](NC(=O)[C@H]2CCCN2C(=O)C(F)(F)F)CCN1Cc1ccccc1. The van der Waals surface area contributed by atoms with Crippen molar-refractivity contribution in [2.45, 2.75) is 63.5 Å². The summed E-state index contributed by atoms with van der Waals surface area (Å²) in [4.78, 5) is 27.1. The molecule has 2 aliphatic heterocycles. The second-order valence-corrected chi connectivity index (χ2v) is 7.69. The number of hydrogen-bond acceptors (Lipinski definition) is 3. The fourth-order valence-corrected chi connectivity index (χ4v) is 4.15. The van der Waals surface area contributed by atoms with Crippen LogP contribution >= 0.6 is 0 Å². The van der Waals surface area contributed by atoms with Gasteiger partial charge in [0.05, 0.1) is 0 Å². The van der Waals surface area contributed by atoms with Crippen LogP contribution in [0.1, 0.15) is 38.2 Å². The summed E-state index contributed by atoms with van der Waals surface area (Å²) in [7, 11) is 0. The molecule has 0 aromatic heterocycles. The zero-order valence-corrected chi connectivity index (χ0v) is 15.9. The maximum absolute atomic E-state index is 12.7. The maximum Gasteiger partial charge on any atom is 0.471 e. The van der Waals surface area contributed by atoms with Gasteiger partial charge in [-0.15, -0.1) is 0 Å². The zero-order valence-electron chi connectivity index (χ0n) is 15.9. The topological polar surface area (TPSA) is 52.7 Å². The van der Waals surface area contributed by atoms with E-state index in [1.54, 1.807) is 0 Å². The molecule has 3 atom stereocenters. The van der Waals surface area contributed by atoms with Crippen LogP contribution in [0.5, 0.6) is 0 Å². The van der Waals surface area contributed by atoms with E-state index in [2.05, 4.69) is 29.3 Å². The highest BCUT2D eigenvalue weighted by Gasteiger charge is 2.47. The number of carbonyl (C=O) groups is 2. The number of amides is 2. The summed E-state index contributed by atoms with van der Waals surface area (Å²) in [5.74, 6) is -2.39. The first-order valence-electron chi connectivity index (χ1n) is 9.72. The average molecular weight is 397 g/mol. The van der Waals surface area contributed by atoms with E-state index in [1.165, 1.54) is 5.56 Å². The minimum atomic E-state index is -4.94. The Morgan fingerprint density at radius 1 is 1.14 bits per heavy atom. The molecule has 1 N–H and O–H groups in total. The molecule has 1 aromatic carbocycles. The minimum absolute atomic E-state index is 0.0254. The van der Waals surface area contributed by atoms with Crippen LogP contribution in [-0.2, 0) is 16.1 Å². The van der Waals surface area contributed by atoms with Crippen molar-refractivity contribution >= 4 is 11.8 Å². The van der Waals surface area contributed by atoms with Gasteiger partial charge < -0.3 is 10.2 Å². The summed E-state index contributed by atoms with van der Waals surface area (Å²) in [6.07, 6.45) is -2.79. The Balaban J connectivity index is 1.53. The molecule has 0 bridgehead atoms. The monoisotopic (exact) mass is 397 g/mol. The molecule has 2 saturated heterocycles. The lowest BCUT2D eigenvalue weighted by Gasteiger charge is -2.38. The van der Waals surface area contributed by atoms with Crippen LogP contribution in [0.15, 0.2) is 30.3 Å². The van der Waals surface area contributed by atoms with Gasteiger partial charge in [-0.05, 0) is 38.2 Å². The summed E-state index contributed by atoms with van der Waals surface area (Å²) in [6, 6.07) is 9.27. The van der Waals surface area contributed by atoms with Gasteiger partial charge in [0.2, 0.25) is 5.91 Å². The van der Waals surface area contributed by atoms with Crippen LogP contribution in [0.3, 0.4) is 0 Å². The minimum Gasteiger partial charge on any atom is -0.351 e. The Kier molecular flexibility index (Phi) is 6.27. The lowest BCUT2D eigenvalue weighted by atomic mass is 9.97. The summed E-state index contributed by atoms with van der Waals surface area (Å²) in [5, 5.41) is 2.89. The standard InChI is InChI=1S/C20H26F3N3O2/c1-14-12-16(9-11-25(14)13-15-6-3-2-4-7-15)24-18(27)17-8-5-10-26(17)19(28)20(21,22)23/h2-4,6-7,14,16-17H,5,8-13H2,1H3,(H,24,27)/t14-,16+,17-/m1/s1. The fourth-order valence-electron chi connectivity index (χ4n) is 4.15. The van der Waals surface area contributed by atoms with Gasteiger partial charge in [0, 0.05) is 31.7 Å². The molecule has 2 heterocycles. The van der Waals surface area contributed by atoms with Gasteiger partial charge in [-0.2, -0.15) is 13.2 Å². The third kappa shape index (κ3) is 4.84. The molecule has 28 heavy (non-hydrogen) atoms. The van der Waals surface area contributed by atoms with Crippen LogP contribution in [0, 0.1) is 0 Å². The first kappa shape index (κ1) is 20.6. The van der Waals surface area contributed by atoms with Crippen molar-refractivity contribution in [2.75, 3.05) is 13.1 Å². The lowest BCUT2D eigenvalue weighted by Crippen LogP contribution is -2.54. The smallest absolute Gasteiger partial charge is 0.351 e. The lowest BCUT2D eigenvalue weighted by molar-refractivity contribution is -0.186. The van der Waals surface area contributed by atoms with Gasteiger partial charge in [-0.25, -0.2) is 0 Å². The molecule has 0 aliphatic carbocycles. The van der Waals surface area contributed by atoms with E-state index < -0.39 is 24.0 Å². The number of alkyl halides is 3. The maximum atomic E-state index is 12.7. The summed E-state index contributed by atoms with van der Waals surface area (Å²) >= 11 is 0. The van der Waals surface area contributed by atoms with Crippen molar-refractivity contribution in [3.05, 3.63) is 35.9 Å². The molecule has 3 rings (SSSR count). The highest BCUT2D eigenvalue weighted by Crippen LogP contribution is 2.26. The van der Waals surface area contributed by atoms with E-state index in [9.17, 15) is 22.8 Å². The molecular formula is C20H26F3N3O2. The van der Waals surface area contributed by atoms with Crippen LogP contribution in [0.4, 0.5) is 13.2 Å². The van der Waals surface area contributed by atoms with Crippen molar-refractivity contribution in [3.8, 4) is 0 Å². The zero-order chi connectivity index (χ0) is 20.3. The van der Waals surface area contributed by atoms with Crippen molar-refractivity contribution in [1.29, 1.82) is 0 Å². The molecule has 5 nitrogen and oxygen atoms in total. The number of hydrogen-bond donors (Lipinski definition) is 1. The molecular weight excluding hydrogens is 371 g/mol. The van der Waals surface area contributed by atoms with Crippen molar-refractivity contribution in [2.24, 2.45) is 0 Å². The van der Waals surface area contributed by atoms with Crippen molar-refractivity contribution in [1.82, 2.24) is 15.1 Å². The third-order valence-corrected chi connectivity index (χ3v) is 5.65. The predicted molar refractivity (Wildman–Crippen MR) is 98.3 cm³/mol. The van der Waals surface area contributed by atoms with Crippen molar-refractivity contribution < 1.29 is 22.8 Å². The number of likely N-dealkylation sites (tertiary alicyclic amines) is 2. The van der Waals surface area contributed by atoms with Gasteiger partial charge in [0.25, 0.3) is 0 Å². The normalized spacial score (nSPS) is 26.3. The first-order valence-corrected chi connectivity index (χ1v) is 9.72.